The van der Waals surface area contributed by atoms with Crippen molar-refractivity contribution in [2.24, 2.45) is 0 Å². The van der Waals surface area contributed by atoms with Gasteiger partial charge in [0.15, 0.2) is 0 Å². The van der Waals surface area contributed by atoms with E-state index in [1.165, 1.54) is 12.8 Å². The first-order valence-electron chi connectivity index (χ1n) is 3.73. The summed E-state index contributed by atoms with van der Waals surface area (Å²) < 4.78 is 0. The van der Waals surface area contributed by atoms with Gasteiger partial charge in [0.25, 0.3) is 0 Å². The van der Waals surface area contributed by atoms with Crippen molar-refractivity contribution in [3.63, 3.8) is 0 Å². The zero-order chi connectivity index (χ0) is 6.85. The lowest BCUT2D eigenvalue weighted by Crippen LogP contribution is -2.34. The van der Waals surface area contributed by atoms with Crippen molar-refractivity contribution in [3.05, 3.63) is 0 Å². The lowest BCUT2D eigenvalue weighted by atomic mass is 10.1. The Bertz CT molecular complexity index is 92.9. The summed E-state index contributed by atoms with van der Waals surface area (Å²) in [5.41, 5.74) is 3.35. The molecule has 0 aromatic heterocycles. The number of rotatable bonds is 1. The third-order valence-electron chi connectivity index (χ3n) is 2.07. The molecule has 0 amide bonds. The van der Waals surface area contributed by atoms with Crippen LogP contribution in [0.5, 0.6) is 0 Å². The third-order valence-corrected chi connectivity index (χ3v) is 2.07. The molecule has 0 spiro atoms. The van der Waals surface area contributed by atoms with Crippen LogP contribution < -0.4 is 5.43 Å². The van der Waals surface area contributed by atoms with Gasteiger partial charge in [-0.05, 0) is 19.8 Å². The highest BCUT2D eigenvalue weighted by Gasteiger charge is 2.23. The molecule has 1 N–H and O–H groups in total. The summed E-state index contributed by atoms with van der Waals surface area (Å²) in [6.07, 6.45) is 2.56. The van der Waals surface area contributed by atoms with Gasteiger partial charge in [-0.15, -0.1) is 0 Å². The monoisotopic (exact) mass is 128 g/mol. The molecular formula is C7H16N2. The molecule has 0 aromatic rings. The minimum atomic E-state index is 0.681. The van der Waals surface area contributed by atoms with Crippen LogP contribution in [-0.4, -0.2) is 24.1 Å². The van der Waals surface area contributed by atoms with Crippen molar-refractivity contribution in [2.75, 3.05) is 7.05 Å². The van der Waals surface area contributed by atoms with Crippen LogP contribution >= 0.6 is 0 Å². The second kappa shape index (κ2) is 2.67. The topological polar surface area (TPSA) is 15.3 Å². The van der Waals surface area contributed by atoms with E-state index in [0.29, 0.717) is 6.04 Å². The highest BCUT2D eigenvalue weighted by molar-refractivity contribution is 4.78. The lowest BCUT2D eigenvalue weighted by Gasteiger charge is -2.16. The minimum absolute atomic E-state index is 0.681. The van der Waals surface area contributed by atoms with E-state index >= 15 is 0 Å². The highest BCUT2D eigenvalue weighted by Crippen LogP contribution is 2.14. The van der Waals surface area contributed by atoms with Crippen LogP contribution in [0, 0.1) is 0 Å². The maximum Gasteiger partial charge on any atom is 0.0253 e. The molecule has 1 rings (SSSR count). The van der Waals surface area contributed by atoms with Gasteiger partial charge in [0.1, 0.15) is 0 Å². The van der Waals surface area contributed by atoms with Crippen molar-refractivity contribution in [2.45, 2.75) is 38.8 Å². The number of hydrazine groups is 1. The smallest absolute Gasteiger partial charge is 0.0253 e. The number of nitrogens with one attached hydrogen (secondary N) is 1. The number of nitrogens with zero attached hydrogens (tertiary/aromatic N) is 1. The summed E-state index contributed by atoms with van der Waals surface area (Å²) >= 11 is 0. The van der Waals surface area contributed by atoms with Crippen LogP contribution in [0.15, 0.2) is 0 Å². The number of hydrogen-bond donors (Lipinski definition) is 1. The molecule has 2 nitrogen and oxygen atoms in total. The molecule has 1 fully saturated rings. The maximum atomic E-state index is 3.35. The van der Waals surface area contributed by atoms with Crippen LogP contribution in [-0.2, 0) is 0 Å². The standard InChI is InChI=1S/C7H16N2/c1-4-7-5-6(2)8-9(7)3/h6-8H,4-5H2,1-3H3. The minimum Gasteiger partial charge on any atom is -0.252 e. The highest BCUT2D eigenvalue weighted by atomic mass is 15.5. The van der Waals surface area contributed by atoms with Gasteiger partial charge in [0.2, 0.25) is 0 Å². The average molecular weight is 128 g/mol. The molecule has 2 heteroatoms. The fraction of sp³-hybridized carbons (Fsp3) is 1.00. The maximum absolute atomic E-state index is 3.35. The molecular weight excluding hydrogens is 112 g/mol. The Kier molecular flexibility index (Phi) is 2.09. The second-order valence-corrected chi connectivity index (χ2v) is 2.94. The van der Waals surface area contributed by atoms with Crippen molar-refractivity contribution >= 4 is 0 Å². The first-order valence-corrected chi connectivity index (χ1v) is 3.73. The van der Waals surface area contributed by atoms with E-state index in [1.807, 2.05) is 0 Å². The fourth-order valence-corrected chi connectivity index (χ4v) is 1.51. The van der Waals surface area contributed by atoms with E-state index in [4.69, 9.17) is 0 Å². The van der Waals surface area contributed by atoms with Crippen LogP contribution in [0.3, 0.4) is 0 Å². The SMILES string of the molecule is CCC1CC(C)NN1C. The van der Waals surface area contributed by atoms with Crippen LogP contribution in [0.2, 0.25) is 0 Å². The van der Waals surface area contributed by atoms with E-state index in [2.05, 4.69) is 31.3 Å². The summed E-state index contributed by atoms with van der Waals surface area (Å²) in [4.78, 5) is 0. The van der Waals surface area contributed by atoms with Crippen molar-refractivity contribution in [1.29, 1.82) is 0 Å². The summed E-state index contributed by atoms with van der Waals surface area (Å²) in [5, 5.41) is 2.23. The molecule has 9 heavy (non-hydrogen) atoms. The van der Waals surface area contributed by atoms with Gasteiger partial charge in [-0.2, -0.15) is 0 Å². The molecule has 0 aromatic carbocycles. The Balaban J connectivity index is 2.38. The largest absolute Gasteiger partial charge is 0.252 e. The molecule has 1 heterocycles. The first kappa shape index (κ1) is 7.03. The molecule has 0 aliphatic carbocycles. The van der Waals surface area contributed by atoms with E-state index < -0.39 is 0 Å². The molecule has 0 bridgehead atoms. The molecule has 54 valence electrons. The average Bonchev–Trinajstić information content (AvgIpc) is 2.10. The van der Waals surface area contributed by atoms with Gasteiger partial charge < -0.3 is 0 Å². The Morgan fingerprint density at radius 2 is 2.33 bits per heavy atom. The summed E-state index contributed by atoms with van der Waals surface area (Å²) in [6.45, 7) is 4.47. The molecule has 1 aliphatic rings. The third kappa shape index (κ3) is 1.43. The molecule has 1 aliphatic heterocycles. The summed E-state index contributed by atoms with van der Waals surface area (Å²) in [7, 11) is 2.12. The fourth-order valence-electron chi connectivity index (χ4n) is 1.51. The predicted octanol–water partition coefficient (Wildman–Crippen LogP) is 0.994. The predicted molar refractivity (Wildman–Crippen MR) is 39.1 cm³/mol. The summed E-state index contributed by atoms with van der Waals surface area (Å²) in [6, 6.07) is 1.44. The molecule has 1 saturated heterocycles. The van der Waals surface area contributed by atoms with Crippen LogP contribution in [0.25, 0.3) is 0 Å². The lowest BCUT2D eigenvalue weighted by molar-refractivity contribution is 0.225. The summed E-state index contributed by atoms with van der Waals surface area (Å²) in [5.74, 6) is 0. The Morgan fingerprint density at radius 3 is 2.56 bits per heavy atom. The second-order valence-electron chi connectivity index (χ2n) is 2.94. The van der Waals surface area contributed by atoms with Crippen molar-refractivity contribution in [1.82, 2.24) is 10.4 Å². The van der Waals surface area contributed by atoms with Gasteiger partial charge in [0.05, 0.1) is 0 Å². The Morgan fingerprint density at radius 1 is 1.67 bits per heavy atom. The molecule has 0 saturated carbocycles. The van der Waals surface area contributed by atoms with Crippen molar-refractivity contribution < 1.29 is 0 Å². The Hall–Kier alpha value is -0.0800. The van der Waals surface area contributed by atoms with E-state index in [1.54, 1.807) is 0 Å². The van der Waals surface area contributed by atoms with E-state index in [0.717, 1.165) is 6.04 Å². The zero-order valence-corrected chi connectivity index (χ0v) is 6.52. The molecule has 0 radical (unpaired) electrons. The Labute approximate surface area is 57.2 Å². The van der Waals surface area contributed by atoms with Crippen molar-refractivity contribution in [3.8, 4) is 0 Å². The normalized spacial score (nSPS) is 37.7. The van der Waals surface area contributed by atoms with Gasteiger partial charge in [-0.3, -0.25) is 5.43 Å². The quantitative estimate of drug-likeness (QED) is 0.566. The number of hydrogen-bond acceptors (Lipinski definition) is 2. The first-order chi connectivity index (χ1) is 4.24. The van der Waals surface area contributed by atoms with Crippen LogP contribution in [0.1, 0.15) is 26.7 Å². The van der Waals surface area contributed by atoms with Gasteiger partial charge >= 0.3 is 0 Å². The van der Waals surface area contributed by atoms with Gasteiger partial charge in [-0.25, -0.2) is 5.01 Å². The molecule has 2 unspecified atom stereocenters. The van der Waals surface area contributed by atoms with E-state index in [-0.39, 0.29) is 0 Å². The van der Waals surface area contributed by atoms with E-state index in [9.17, 15) is 0 Å². The van der Waals surface area contributed by atoms with Gasteiger partial charge in [0, 0.05) is 19.1 Å². The molecule has 2 atom stereocenters. The zero-order valence-electron chi connectivity index (χ0n) is 6.52. The van der Waals surface area contributed by atoms with Crippen LogP contribution in [0.4, 0.5) is 0 Å². The van der Waals surface area contributed by atoms with Gasteiger partial charge in [-0.1, -0.05) is 6.92 Å².